The van der Waals surface area contributed by atoms with Crippen molar-refractivity contribution in [2.45, 2.75) is 33.4 Å². The molecule has 8 heteroatoms. The number of hydrogen-bond donors (Lipinski definition) is 0. The molecular weight excluding hydrogens is 462 g/mol. The molecule has 0 unspecified atom stereocenters. The number of aryl methyl sites for hydroxylation is 1. The molecule has 35 heavy (non-hydrogen) atoms. The van der Waals surface area contributed by atoms with Gasteiger partial charge in [-0.25, -0.2) is 0 Å². The van der Waals surface area contributed by atoms with Gasteiger partial charge in [-0.05, 0) is 54.8 Å². The number of carbonyl (C=O) groups is 2. The summed E-state index contributed by atoms with van der Waals surface area (Å²) in [5.74, 6) is -0.393. The molecule has 2 aromatic carbocycles. The third kappa shape index (κ3) is 7.89. The maximum Gasteiger partial charge on any atom is 0.269 e. The fourth-order valence-electron chi connectivity index (χ4n) is 3.57. The Kier molecular flexibility index (Phi) is 9.31. The van der Waals surface area contributed by atoms with E-state index < -0.39 is 4.92 Å². The number of hydrogen-bond acceptors (Lipinski definition) is 5. The summed E-state index contributed by atoms with van der Waals surface area (Å²) in [7, 11) is 0. The van der Waals surface area contributed by atoms with Crippen molar-refractivity contribution >= 4 is 34.9 Å². The minimum absolute atomic E-state index is 0.00822. The zero-order chi connectivity index (χ0) is 25.2. The molecule has 1 aromatic heterocycles. The fourth-order valence-corrected chi connectivity index (χ4v) is 4.48. The Morgan fingerprint density at radius 1 is 0.971 bits per heavy atom. The van der Waals surface area contributed by atoms with E-state index in [9.17, 15) is 19.7 Å². The Bertz CT molecular complexity index is 1170. The first-order valence-corrected chi connectivity index (χ1v) is 12.3. The van der Waals surface area contributed by atoms with Gasteiger partial charge in [0, 0.05) is 41.1 Å². The van der Waals surface area contributed by atoms with E-state index in [0.717, 1.165) is 10.4 Å². The van der Waals surface area contributed by atoms with Crippen LogP contribution in [0.2, 0.25) is 0 Å². The van der Waals surface area contributed by atoms with Gasteiger partial charge < -0.3 is 9.80 Å². The Hall–Kier alpha value is -3.78. The quantitative estimate of drug-likeness (QED) is 0.203. The number of nitro benzene ring substituents is 1. The van der Waals surface area contributed by atoms with E-state index in [2.05, 4.69) is 0 Å². The average molecular weight is 492 g/mol. The first kappa shape index (κ1) is 25.8. The number of nitrogens with zero attached hydrogens (tertiary/aromatic N) is 3. The van der Waals surface area contributed by atoms with Crippen LogP contribution >= 0.6 is 11.3 Å². The molecule has 1 heterocycles. The van der Waals surface area contributed by atoms with Crippen molar-refractivity contribution in [2.24, 2.45) is 0 Å². The molecule has 3 rings (SSSR count). The number of carbonyl (C=O) groups excluding carboxylic acids is 2. The van der Waals surface area contributed by atoms with Gasteiger partial charge in [0.25, 0.3) is 5.69 Å². The standard InChI is InChI=1S/C27H29N3O4S/c1-3-17-28(26(31)16-12-22-10-13-24(14-11-22)30(33)34)20-27(32)29(18-23-7-5-4-6-8-23)19-25-15-9-21(2)35-25/h4-16H,3,17-20H2,1-2H3/b16-12+. The molecule has 0 radical (unpaired) electrons. The van der Waals surface area contributed by atoms with Gasteiger partial charge in [0.15, 0.2) is 0 Å². The highest BCUT2D eigenvalue weighted by molar-refractivity contribution is 7.11. The SMILES string of the molecule is CCCN(CC(=O)N(Cc1ccccc1)Cc1ccc(C)s1)C(=O)/C=C/c1ccc([N+](=O)[O-])cc1. The fraction of sp³-hybridized carbons (Fsp3) is 0.259. The summed E-state index contributed by atoms with van der Waals surface area (Å²) < 4.78 is 0. The lowest BCUT2D eigenvalue weighted by Crippen LogP contribution is -2.42. The molecule has 0 spiro atoms. The van der Waals surface area contributed by atoms with Crippen molar-refractivity contribution in [1.82, 2.24) is 9.80 Å². The van der Waals surface area contributed by atoms with Crippen molar-refractivity contribution in [3.63, 3.8) is 0 Å². The minimum atomic E-state index is -0.466. The molecule has 0 fully saturated rings. The van der Waals surface area contributed by atoms with E-state index in [4.69, 9.17) is 0 Å². The Morgan fingerprint density at radius 3 is 2.29 bits per heavy atom. The zero-order valence-electron chi connectivity index (χ0n) is 19.9. The van der Waals surface area contributed by atoms with Crippen LogP contribution in [0, 0.1) is 17.0 Å². The summed E-state index contributed by atoms with van der Waals surface area (Å²) in [5, 5.41) is 10.8. The van der Waals surface area contributed by atoms with E-state index in [-0.39, 0.29) is 24.0 Å². The van der Waals surface area contributed by atoms with Crippen molar-refractivity contribution < 1.29 is 14.5 Å². The van der Waals surface area contributed by atoms with Gasteiger partial charge in [0.1, 0.15) is 6.54 Å². The number of thiophene rings is 1. The summed E-state index contributed by atoms with van der Waals surface area (Å²) in [6.07, 6.45) is 3.73. The number of benzene rings is 2. The van der Waals surface area contributed by atoms with Crippen molar-refractivity contribution in [3.05, 3.63) is 104 Å². The average Bonchev–Trinajstić information content (AvgIpc) is 3.27. The van der Waals surface area contributed by atoms with Crippen molar-refractivity contribution in [3.8, 4) is 0 Å². The van der Waals surface area contributed by atoms with Crippen LogP contribution in [0.15, 0.2) is 72.8 Å². The minimum Gasteiger partial charge on any atom is -0.332 e. The van der Waals surface area contributed by atoms with Crippen LogP contribution in [0.4, 0.5) is 5.69 Å². The van der Waals surface area contributed by atoms with Crippen LogP contribution in [-0.4, -0.2) is 39.6 Å². The summed E-state index contributed by atoms with van der Waals surface area (Å²) in [5.41, 5.74) is 1.69. The van der Waals surface area contributed by atoms with Crippen LogP contribution in [0.25, 0.3) is 6.08 Å². The third-order valence-electron chi connectivity index (χ3n) is 5.37. The number of amides is 2. The van der Waals surface area contributed by atoms with E-state index >= 15 is 0 Å². The molecule has 3 aromatic rings. The Labute approximate surface area is 209 Å². The van der Waals surface area contributed by atoms with Crippen molar-refractivity contribution in [2.75, 3.05) is 13.1 Å². The van der Waals surface area contributed by atoms with Gasteiger partial charge in [0.2, 0.25) is 11.8 Å². The van der Waals surface area contributed by atoms with E-state index in [1.54, 1.807) is 39.3 Å². The molecule has 0 bridgehead atoms. The van der Waals surface area contributed by atoms with Crippen LogP contribution in [-0.2, 0) is 22.7 Å². The predicted molar refractivity (Wildman–Crippen MR) is 139 cm³/mol. The second kappa shape index (κ2) is 12.6. The number of rotatable bonds is 11. The van der Waals surface area contributed by atoms with Crippen molar-refractivity contribution in [1.29, 1.82) is 0 Å². The van der Waals surface area contributed by atoms with Crippen LogP contribution < -0.4 is 0 Å². The highest BCUT2D eigenvalue weighted by atomic mass is 32.1. The lowest BCUT2D eigenvalue weighted by molar-refractivity contribution is -0.384. The topological polar surface area (TPSA) is 83.8 Å². The second-order valence-electron chi connectivity index (χ2n) is 8.19. The van der Waals surface area contributed by atoms with Crippen LogP contribution in [0.1, 0.15) is 34.2 Å². The number of non-ortho nitro benzene ring substituents is 1. The molecule has 2 amide bonds. The van der Waals surface area contributed by atoms with Gasteiger partial charge in [-0.15, -0.1) is 11.3 Å². The van der Waals surface area contributed by atoms with Crippen LogP contribution in [0.5, 0.6) is 0 Å². The maximum atomic E-state index is 13.4. The number of nitro groups is 1. The molecule has 0 aliphatic heterocycles. The summed E-state index contributed by atoms with van der Waals surface area (Å²) in [4.78, 5) is 42.3. The first-order valence-electron chi connectivity index (χ1n) is 11.4. The molecule has 0 aliphatic rings. The van der Waals surface area contributed by atoms with Gasteiger partial charge in [-0.1, -0.05) is 37.3 Å². The van der Waals surface area contributed by atoms with Gasteiger partial charge in [-0.2, -0.15) is 0 Å². The Morgan fingerprint density at radius 2 is 1.69 bits per heavy atom. The largest absolute Gasteiger partial charge is 0.332 e. The lowest BCUT2D eigenvalue weighted by Gasteiger charge is -2.27. The normalized spacial score (nSPS) is 10.9. The highest BCUT2D eigenvalue weighted by Crippen LogP contribution is 2.19. The third-order valence-corrected chi connectivity index (χ3v) is 6.35. The van der Waals surface area contributed by atoms with Crippen LogP contribution in [0.3, 0.4) is 0 Å². The molecule has 0 N–H and O–H groups in total. The van der Waals surface area contributed by atoms with E-state index in [1.807, 2.05) is 56.3 Å². The zero-order valence-corrected chi connectivity index (χ0v) is 20.7. The Balaban J connectivity index is 1.72. The van der Waals surface area contributed by atoms with E-state index in [1.165, 1.54) is 23.1 Å². The monoisotopic (exact) mass is 491 g/mol. The molecule has 0 saturated carbocycles. The molecule has 0 saturated heterocycles. The highest BCUT2D eigenvalue weighted by Gasteiger charge is 2.21. The maximum absolute atomic E-state index is 13.4. The molecule has 7 nitrogen and oxygen atoms in total. The summed E-state index contributed by atoms with van der Waals surface area (Å²) >= 11 is 1.66. The molecule has 182 valence electrons. The summed E-state index contributed by atoms with van der Waals surface area (Å²) in [6, 6.07) is 19.8. The lowest BCUT2D eigenvalue weighted by atomic mass is 10.2. The molecular formula is C27H29N3O4S. The van der Waals surface area contributed by atoms with Gasteiger partial charge >= 0.3 is 0 Å². The smallest absolute Gasteiger partial charge is 0.269 e. The summed E-state index contributed by atoms with van der Waals surface area (Å²) in [6.45, 7) is 5.38. The van der Waals surface area contributed by atoms with Gasteiger partial charge in [-0.3, -0.25) is 19.7 Å². The predicted octanol–water partition coefficient (Wildman–Crippen LogP) is 5.45. The molecule has 0 atom stereocenters. The second-order valence-corrected chi connectivity index (χ2v) is 9.56. The van der Waals surface area contributed by atoms with E-state index in [0.29, 0.717) is 31.6 Å². The van der Waals surface area contributed by atoms with Gasteiger partial charge in [0.05, 0.1) is 11.5 Å². The molecule has 0 aliphatic carbocycles. The first-order chi connectivity index (χ1) is 16.9.